The molecule has 2 rings (SSSR count). The normalized spacial score (nSPS) is 11.9. The van der Waals surface area contributed by atoms with E-state index in [1.165, 1.54) is 0 Å². The molecular weight excluding hydrogens is 266 g/mol. The largest absolute Gasteiger partial charge is 0.481 e. The zero-order valence-electron chi connectivity index (χ0n) is 12.2. The molecule has 2 aromatic rings. The van der Waals surface area contributed by atoms with Crippen molar-refractivity contribution in [1.29, 1.82) is 0 Å². The first-order chi connectivity index (χ1) is 10.1. The summed E-state index contributed by atoms with van der Waals surface area (Å²) in [5.74, 6) is -1.09. The second-order valence-corrected chi connectivity index (χ2v) is 4.92. The first-order valence-corrected chi connectivity index (χ1v) is 6.98. The van der Waals surface area contributed by atoms with Gasteiger partial charge < -0.3 is 9.84 Å². The number of aliphatic carboxylic acids is 1. The third-order valence-electron chi connectivity index (χ3n) is 3.21. The molecule has 0 fully saturated rings. The van der Waals surface area contributed by atoms with Crippen LogP contribution in [0.1, 0.15) is 29.7 Å². The van der Waals surface area contributed by atoms with Crippen molar-refractivity contribution < 1.29 is 14.6 Å². The molecule has 1 atom stereocenters. The van der Waals surface area contributed by atoms with Crippen LogP contribution in [0.4, 0.5) is 0 Å². The lowest BCUT2D eigenvalue weighted by molar-refractivity contribution is -0.138. The maximum Gasteiger partial charge on any atom is 0.312 e. The molecule has 4 heteroatoms. The molecule has 21 heavy (non-hydrogen) atoms. The van der Waals surface area contributed by atoms with Crippen molar-refractivity contribution in [2.45, 2.75) is 26.2 Å². The predicted octanol–water partition coefficient (Wildman–Crippen LogP) is 3.20. The van der Waals surface area contributed by atoms with Crippen LogP contribution in [-0.4, -0.2) is 22.7 Å². The summed E-state index contributed by atoms with van der Waals surface area (Å²) in [6.45, 7) is 4.37. The fourth-order valence-electron chi connectivity index (χ4n) is 2.25. The Morgan fingerprint density at radius 2 is 2.05 bits per heavy atom. The van der Waals surface area contributed by atoms with Crippen LogP contribution in [0, 0.1) is 6.92 Å². The molecule has 0 bridgehead atoms. The van der Waals surface area contributed by atoms with Crippen molar-refractivity contribution in [2.75, 3.05) is 6.61 Å². The number of carboxylic acids is 1. The van der Waals surface area contributed by atoms with Gasteiger partial charge >= 0.3 is 5.97 Å². The van der Waals surface area contributed by atoms with Crippen molar-refractivity contribution in [1.82, 2.24) is 4.98 Å². The molecule has 0 amide bonds. The van der Waals surface area contributed by atoms with E-state index >= 15 is 0 Å². The van der Waals surface area contributed by atoms with Crippen molar-refractivity contribution in [3.8, 4) is 5.88 Å². The molecule has 0 aliphatic heterocycles. The first kappa shape index (κ1) is 15.0. The fourth-order valence-corrected chi connectivity index (χ4v) is 2.25. The number of ether oxygens (including phenoxy) is 1. The molecule has 0 aliphatic rings. The number of carboxylic acid groups (broad SMARTS) is 1. The van der Waals surface area contributed by atoms with E-state index in [9.17, 15) is 9.90 Å². The highest BCUT2D eigenvalue weighted by Crippen LogP contribution is 2.22. The second-order valence-electron chi connectivity index (χ2n) is 4.92. The highest BCUT2D eigenvalue weighted by Gasteiger charge is 2.22. The van der Waals surface area contributed by atoms with Gasteiger partial charge in [-0.3, -0.25) is 4.79 Å². The standard InChI is InChI=1S/C17H19NO3/c1-3-21-16-9-5-8-15(18-16)14(17(19)20)11-13-7-4-6-12(2)10-13/h4-10,14H,3,11H2,1-2H3,(H,19,20). The Labute approximate surface area is 124 Å². The average molecular weight is 285 g/mol. The Hall–Kier alpha value is -2.36. The minimum Gasteiger partial charge on any atom is -0.481 e. The Morgan fingerprint density at radius 1 is 1.29 bits per heavy atom. The highest BCUT2D eigenvalue weighted by molar-refractivity contribution is 5.76. The van der Waals surface area contributed by atoms with Gasteiger partial charge in [-0.25, -0.2) is 4.98 Å². The lowest BCUT2D eigenvalue weighted by Crippen LogP contribution is -2.16. The van der Waals surface area contributed by atoms with Crippen molar-refractivity contribution in [3.63, 3.8) is 0 Å². The second kappa shape index (κ2) is 6.88. The molecule has 0 spiro atoms. The van der Waals surface area contributed by atoms with Crippen molar-refractivity contribution in [2.24, 2.45) is 0 Å². The van der Waals surface area contributed by atoms with Gasteiger partial charge in [0.05, 0.1) is 12.3 Å². The van der Waals surface area contributed by atoms with Gasteiger partial charge in [0, 0.05) is 6.07 Å². The third kappa shape index (κ3) is 4.05. The monoisotopic (exact) mass is 285 g/mol. The van der Waals surface area contributed by atoms with Gasteiger partial charge in [-0.05, 0) is 31.9 Å². The Kier molecular flexibility index (Phi) is 4.93. The summed E-state index contributed by atoms with van der Waals surface area (Å²) < 4.78 is 5.34. The third-order valence-corrected chi connectivity index (χ3v) is 3.21. The number of aryl methyl sites for hydroxylation is 1. The number of hydrogen-bond donors (Lipinski definition) is 1. The molecule has 1 heterocycles. The fraction of sp³-hybridized carbons (Fsp3) is 0.294. The van der Waals surface area contributed by atoms with Gasteiger partial charge in [0.2, 0.25) is 5.88 Å². The zero-order valence-corrected chi connectivity index (χ0v) is 12.2. The molecule has 1 aromatic heterocycles. The lowest BCUT2D eigenvalue weighted by atomic mass is 9.95. The molecule has 4 nitrogen and oxygen atoms in total. The van der Waals surface area contributed by atoms with Crippen LogP contribution in [0.3, 0.4) is 0 Å². The minimum atomic E-state index is -0.877. The van der Waals surface area contributed by atoms with Crippen LogP contribution in [0.15, 0.2) is 42.5 Å². The Morgan fingerprint density at radius 3 is 2.71 bits per heavy atom. The zero-order chi connectivity index (χ0) is 15.2. The predicted molar refractivity (Wildman–Crippen MR) is 80.7 cm³/mol. The molecule has 0 saturated carbocycles. The minimum absolute atomic E-state index is 0.416. The van der Waals surface area contributed by atoms with Gasteiger partial charge in [0.15, 0.2) is 0 Å². The Bertz CT molecular complexity index is 625. The molecule has 110 valence electrons. The molecular formula is C17H19NO3. The van der Waals surface area contributed by atoms with Gasteiger partial charge in [-0.1, -0.05) is 35.9 Å². The van der Waals surface area contributed by atoms with E-state index in [2.05, 4.69) is 4.98 Å². The summed E-state index contributed by atoms with van der Waals surface area (Å²) in [7, 11) is 0. The van der Waals surface area contributed by atoms with Crippen LogP contribution in [-0.2, 0) is 11.2 Å². The average Bonchev–Trinajstić information content (AvgIpc) is 2.45. The highest BCUT2D eigenvalue weighted by atomic mass is 16.5. The van der Waals surface area contributed by atoms with E-state index in [0.717, 1.165) is 11.1 Å². The van der Waals surface area contributed by atoms with E-state index in [-0.39, 0.29) is 0 Å². The summed E-state index contributed by atoms with van der Waals surface area (Å²) in [4.78, 5) is 15.9. The Balaban J connectivity index is 2.26. The first-order valence-electron chi connectivity index (χ1n) is 6.98. The van der Waals surface area contributed by atoms with Crippen molar-refractivity contribution in [3.05, 3.63) is 59.3 Å². The van der Waals surface area contributed by atoms with Crippen LogP contribution in [0.2, 0.25) is 0 Å². The van der Waals surface area contributed by atoms with Crippen LogP contribution < -0.4 is 4.74 Å². The smallest absolute Gasteiger partial charge is 0.312 e. The van der Waals surface area contributed by atoms with Gasteiger partial charge in [-0.2, -0.15) is 0 Å². The summed E-state index contributed by atoms with van der Waals surface area (Å²) in [6.07, 6.45) is 0.416. The van der Waals surface area contributed by atoms with E-state index in [1.807, 2.05) is 38.1 Å². The number of carbonyl (C=O) groups is 1. The summed E-state index contributed by atoms with van der Waals surface area (Å²) in [6, 6.07) is 13.1. The van der Waals surface area contributed by atoms with Crippen LogP contribution in [0.25, 0.3) is 0 Å². The molecule has 0 radical (unpaired) electrons. The molecule has 1 aromatic carbocycles. The van der Waals surface area contributed by atoms with E-state index in [1.54, 1.807) is 18.2 Å². The molecule has 0 saturated heterocycles. The number of pyridine rings is 1. The maximum absolute atomic E-state index is 11.6. The molecule has 0 aliphatic carbocycles. The van der Waals surface area contributed by atoms with E-state index in [4.69, 9.17) is 4.74 Å². The SMILES string of the molecule is CCOc1cccc(C(Cc2cccc(C)c2)C(=O)O)n1. The topological polar surface area (TPSA) is 59.4 Å². The number of rotatable bonds is 6. The number of benzene rings is 1. The van der Waals surface area contributed by atoms with E-state index < -0.39 is 11.9 Å². The number of aromatic nitrogens is 1. The summed E-state index contributed by atoms with van der Waals surface area (Å²) in [5.41, 5.74) is 2.63. The van der Waals surface area contributed by atoms with Gasteiger partial charge in [0.25, 0.3) is 0 Å². The van der Waals surface area contributed by atoms with E-state index in [0.29, 0.717) is 24.6 Å². The molecule has 1 unspecified atom stereocenters. The lowest BCUT2D eigenvalue weighted by Gasteiger charge is -2.13. The summed E-state index contributed by atoms with van der Waals surface area (Å²) in [5, 5.41) is 9.50. The van der Waals surface area contributed by atoms with Crippen molar-refractivity contribution >= 4 is 5.97 Å². The van der Waals surface area contributed by atoms with Gasteiger partial charge in [-0.15, -0.1) is 0 Å². The van der Waals surface area contributed by atoms with Crippen LogP contribution >= 0.6 is 0 Å². The summed E-state index contributed by atoms with van der Waals surface area (Å²) >= 11 is 0. The quantitative estimate of drug-likeness (QED) is 0.885. The maximum atomic E-state index is 11.6. The number of hydrogen-bond acceptors (Lipinski definition) is 3. The van der Waals surface area contributed by atoms with Crippen LogP contribution in [0.5, 0.6) is 5.88 Å². The number of nitrogens with zero attached hydrogens (tertiary/aromatic N) is 1. The van der Waals surface area contributed by atoms with Gasteiger partial charge in [0.1, 0.15) is 5.92 Å². The molecule has 1 N–H and O–H groups in total.